The van der Waals surface area contributed by atoms with Crippen LogP contribution in [0.3, 0.4) is 0 Å². The van der Waals surface area contributed by atoms with E-state index in [4.69, 9.17) is 23.7 Å². The van der Waals surface area contributed by atoms with Crippen molar-refractivity contribution in [2.24, 2.45) is 5.92 Å². The number of hydrogen-bond donors (Lipinski definition) is 0. The van der Waals surface area contributed by atoms with Crippen molar-refractivity contribution in [2.75, 3.05) is 13.6 Å². The van der Waals surface area contributed by atoms with Crippen molar-refractivity contribution in [3.63, 3.8) is 0 Å². The molecule has 0 spiro atoms. The van der Waals surface area contributed by atoms with Gasteiger partial charge in [-0.1, -0.05) is 12.2 Å². The fourth-order valence-corrected chi connectivity index (χ4v) is 3.43. The van der Waals surface area contributed by atoms with Gasteiger partial charge < -0.3 is 18.9 Å². The molecule has 2 aliphatic heterocycles. The van der Waals surface area contributed by atoms with Gasteiger partial charge in [-0.2, -0.15) is 0 Å². The molecule has 1 aliphatic carbocycles. The Hall–Kier alpha value is -2.73. The molecule has 2 atom stereocenters. The van der Waals surface area contributed by atoms with Crippen LogP contribution >= 0.6 is 0 Å². The summed E-state index contributed by atoms with van der Waals surface area (Å²) >= 11 is 0. The van der Waals surface area contributed by atoms with Gasteiger partial charge in [-0.05, 0) is 18.9 Å². The second-order valence-electron chi connectivity index (χ2n) is 6.40. The monoisotopic (exact) mass is 356 g/mol. The summed E-state index contributed by atoms with van der Waals surface area (Å²) in [7, 11) is 0. The second kappa shape index (κ2) is 6.53. The highest BCUT2D eigenvalue weighted by Gasteiger charge is 2.51. The summed E-state index contributed by atoms with van der Waals surface area (Å²) in [5.74, 6) is 0.918. The summed E-state index contributed by atoms with van der Waals surface area (Å²) in [6, 6.07) is 3.67. The van der Waals surface area contributed by atoms with Gasteiger partial charge in [-0.25, -0.2) is 0 Å². The van der Waals surface area contributed by atoms with Gasteiger partial charge in [0.25, 0.3) is 5.79 Å². The first-order chi connectivity index (χ1) is 12.6. The Balaban J connectivity index is 1.71. The van der Waals surface area contributed by atoms with Crippen LogP contribution in [-0.2, 0) is 20.7 Å². The fraction of sp³-hybridized carbons (Fsp3) is 0.350. The van der Waals surface area contributed by atoms with Crippen LogP contribution in [0.25, 0.3) is 0 Å². The lowest BCUT2D eigenvalue weighted by Gasteiger charge is -2.34. The normalized spacial score (nSPS) is 25.9. The van der Waals surface area contributed by atoms with Crippen LogP contribution in [-0.4, -0.2) is 25.2 Å². The number of hydrogen-bond acceptors (Lipinski definition) is 6. The molecule has 2 unspecified atom stereocenters. The van der Waals surface area contributed by atoms with Gasteiger partial charge in [0.05, 0.1) is 0 Å². The van der Waals surface area contributed by atoms with Gasteiger partial charge >= 0.3 is 0 Å². The largest absolute Gasteiger partial charge is 0.465 e. The number of benzene rings is 1. The highest BCUT2D eigenvalue weighted by atomic mass is 16.8. The van der Waals surface area contributed by atoms with Crippen molar-refractivity contribution in [2.45, 2.75) is 25.0 Å². The first-order valence-corrected chi connectivity index (χ1v) is 8.51. The van der Waals surface area contributed by atoms with E-state index in [1.54, 1.807) is 18.2 Å². The molecular weight excluding hydrogens is 336 g/mol. The Bertz CT molecular complexity index is 796. The number of carbonyl (C=O) groups is 1. The molecule has 26 heavy (non-hydrogen) atoms. The van der Waals surface area contributed by atoms with E-state index in [0.717, 1.165) is 5.56 Å². The molecule has 1 fully saturated rings. The van der Waals surface area contributed by atoms with Crippen LogP contribution in [0, 0.1) is 5.92 Å². The van der Waals surface area contributed by atoms with E-state index in [0.29, 0.717) is 42.3 Å². The molecule has 0 aromatic heterocycles. The summed E-state index contributed by atoms with van der Waals surface area (Å²) in [5, 5.41) is 0. The standard InChI is InChI=1S/C20H20O6/c1-3-5-13-7-17-18(23-11-22-17)9-16(13)26-20-10-14(6-4-2)15(21)8-19(20)24-12-25-20/h3-4,7-9,14H,1-2,5-6,10-12H2. The number of fused-ring (bicyclic) bond motifs is 2. The van der Waals surface area contributed by atoms with Gasteiger partial charge in [0.15, 0.2) is 29.8 Å². The van der Waals surface area contributed by atoms with E-state index in [1.165, 1.54) is 6.08 Å². The minimum atomic E-state index is -1.12. The Morgan fingerprint density at radius 3 is 2.73 bits per heavy atom. The first kappa shape index (κ1) is 16.7. The summed E-state index contributed by atoms with van der Waals surface area (Å²) in [6.45, 7) is 7.75. The topological polar surface area (TPSA) is 63.2 Å². The van der Waals surface area contributed by atoms with E-state index < -0.39 is 5.79 Å². The maximum absolute atomic E-state index is 12.3. The van der Waals surface area contributed by atoms with E-state index >= 15 is 0 Å². The average molecular weight is 356 g/mol. The van der Waals surface area contributed by atoms with Crippen molar-refractivity contribution in [3.8, 4) is 17.2 Å². The summed E-state index contributed by atoms with van der Waals surface area (Å²) in [5.41, 5.74) is 0.894. The lowest BCUT2D eigenvalue weighted by Crippen LogP contribution is -2.44. The summed E-state index contributed by atoms with van der Waals surface area (Å²) < 4.78 is 28.6. The number of allylic oxidation sites excluding steroid dienone is 3. The zero-order valence-electron chi connectivity index (χ0n) is 14.4. The SMILES string of the molecule is C=CCc1cc2c(cc1OC13CC(CC=C)C(=O)C=C1OCO3)OCO2. The molecule has 6 heteroatoms. The molecule has 6 nitrogen and oxygen atoms in total. The third-order valence-electron chi connectivity index (χ3n) is 4.72. The highest BCUT2D eigenvalue weighted by Crippen LogP contribution is 2.45. The van der Waals surface area contributed by atoms with Gasteiger partial charge in [0.2, 0.25) is 6.79 Å². The van der Waals surface area contributed by atoms with Crippen molar-refractivity contribution in [3.05, 3.63) is 54.8 Å². The number of rotatable bonds is 6. The van der Waals surface area contributed by atoms with E-state index in [2.05, 4.69) is 13.2 Å². The molecule has 3 aliphatic rings. The lowest BCUT2D eigenvalue weighted by atomic mass is 9.85. The summed E-state index contributed by atoms with van der Waals surface area (Å²) in [4.78, 5) is 12.3. The number of ether oxygens (including phenoxy) is 5. The smallest absolute Gasteiger partial charge is 0.272 e. The van der Waals surface area contributed by atoms with Crippen molar-refractivity contribution >= 4 is 5.78 Å². The van der Waals surface area contributed by atoms with Gasteiger partial charge in [-0.15, -0.1) is 13.2 Å². The number of ketones is 1. The van der Waals surface area contributed by atoms with Crippen LogP contribution in [0.1, 0.15) is 18.4 Å². The highest BCUT2D eigenvalue weighted by molar-refractivity contribution is 5.93. The molecule has 4 rings (SSSR count). The van der Waals surface area contributed by atoms with E-state index in [9.17, 15) is 4.79 Å². The molecule has 2 heterocycles. The minimum absolute atomic E-state index is 0.00151. The predicted molar refractivity (Wildman–Crippen MR) is 92.9 cm³/mol. The van der Waals surface area contributed by atoms with Crippen molar-refractivity contribution < 1.29 is 28.5 Å². The van der Waals surface area contributed by atoms with Gasteiger partial charge in [0.1, 0.15) is 5.75 Å². The van der Waals surface area contributed by atoms with Gasteiger partial charge in [0, 0.05) is 30.0 Å². The maximum Gasteiger partial charge on any atom is 0.272 e. The molecule has 0 radical (unpaired) electrons. The molecule has 0 N–H and O–H groups in total. The molecule has 1 aromatic rings. The van der Waals surface area contributed by atoms with Crippen molar-refractivity contribution in [1.29, 1.82) is 0 Å². The Morgan fingerprint density at radius 1 is 1.15 bits per heavy atom. The number of carbonyl (C=O) groups excluding carboxylic acids is 1. The van der Waals surface area contributed by atoms with Crippen LogP contribution in [0.2, 0.25) is 0 Å². The zero-order chi connectivity index (χ0) is 18.1. The van der Waals surface area contributed by atoms with Crippen LogP contribution in [0.4, 0.5) is 0 Å². The lowest BCUT2D eigenvalue weighted by molar-refractivity contribution is -0.153. The van der Waals surface area contributed by atoms with Crippen molar-refractivity contribution in [1.82, 2.24) is 0 Å². The first-order valence-electron chi connectivity index (χ1n) is 8.51. The molecule has 1 aromatic carbocycles. The molecule has 0 bridgehead atoms. The summed E-state index contributed by atoms with van der Waals surface area (Å²) in [6.07, 6.45) is 6.51. The van der Waals surface area contributed by atoms with Gasteiger partial charge in [-0.3, -0.25) is 9.53 Å². The maximum atomic E-state index is 12.3. The van der Waals surface area contributed by atoms with Crippen LogP contribution < -0.4 is 14.2 Å². The molecule has 0 saturated carbocycles. The Kier molecular flexibility index (Phi) is 4.20. The minimum Gasteiger partial charge on any atom is -0.465 e. The molecular formula is C20H20O6. The van der Waals surface area contributed by atoms with E-state index in [1.807, 2.05) is 6.07 Å². The Morgan fingerprint density at radius 2 is 1.96 bits per heavy atom. The average Bonchev–Trinajstić information content (AvgIpc) is 3.22. The quantitative estimate of drug-likeness (QED) is 0.729. The fourth-order valence-electron chi connectivity index (χ4n) is 3.43. The predicted octanol–water partition coefficient (Wildman–Crippen LogP) is 3.27. The Labute approximate surface area is 151 Å². The third kappa shape index (κ3) is 2.76. The molecule has 0 amide bonds. The van der Waals surface area contributed by atoms with E-state index in [-0.39, 0.29) is 25.3 Å². The zero-order valence-corrected chi connectivity index (χ0v) is 14.4. The third-order valence-corrected chi connectivity index (χ3v) is 4.72. The second-order valence-corrected chi connectivity index (χ2v) is 6.40. The van der Waals surface area contributed by atoms with Crippen LogP contribution in [0.5, 0.6) is 17.2 Å². The molecule has 1 saturated heterocycles. The van der Waals surface area contributed by atoms with Crippen LogP contribution in [0.15, 0.2) is 49.3 Å². The molecule has 136 valence electrons.